The van der Waals surface area contributed by atoms with Gasteiger partial charge in [-0.15, -0.1) is 9.24 Å². The summed E-state index contributed by atoms with van der Waals surface area (Å²) in [5, 5.41) is 8.12. The van der Waals surface area contributed by atoms with Gasteiger partial charge in [-0.1, -0.05) is 0 Å². The van der Waals surface area contributed by atoms with E-state index in [9.17, 15) is 4.79 Å². The summed E-state index contributed by atoms with van der Waals surface area (Å²) in [6.45, 7) is 8.50. The molecule has 0 aliphatic rings. The summed E-state index contributed by atoms with van der Waals surface area (Å²) in [6.07, 6.45) is 5.17. The third kappa shape index (κ3) is 5.32. The Kier molecular flexibility index (Phi) is 5.37. The van der Waals surface area contributed by atoms with Gasteiger partial charge >= 0.3 is 6.09 Å². The Morgan fingerprint density at radius 3 is 2.78 bits per heavy atom. The first kappa shape index (κ1) is 17.4. The lowest BCUT2D eigenvalue weighted by Gasteiger charge is -2.19. The first-order chi connectivity index (χ1) is 10.7. The zero-order valence-corrected chi connectivity index (χ0v) is 15.1. The van der Waals surface area contributed by atoms with Crippen LogP contribution in [0.15, 0.2) is 24.7 Å². The molecule has 0 spiro atoms. The lowest BCUT2D eigenvalue weighted by molar-refractivity contribution is 0.0525. The van der Waals surface area contributed by atoms with Gasteiger partial charge in [-0.3, -0.25) is 9.67 Å². The van der Waals surface area contributed by atoms with Crippen molar-refractivity contribution in [2.45, 2.75) is 39.8 Å². The molecule has 1 atom stereocenters. The maximum Gasteiger partial charge on any atom is 0.407 e. The molecular weight excluding hydrogens is 311 g/mol. The number of hydrogen-bond acceptors (Lipinski definition) is 4. The van der Waals surface area contributed by atoms with Gasteiger partial charge in [0.2, 0.25) is 0 Å². The van der Waals surface area contributed by atoms with E-state index in [1.807, 2.05) is 46.2 Å². The van der Waals surface area contributed by atoms with E-state index in [2.05, 4.69) is 24.6 Å². The summed E-state index contributed by atoms with van der Waals surface area (Å²) in [4.78, 5) is 15.9. The van der Waals surface area contributed by atoms with E-state index in [-0.39, 0.29) is 0 Å². The van der Waals surface area contributed by atoms with Crippen LogP contribution in [0.3, 0.4) is 0 Å². The van der Waals surface area contributed by atoms with Crippen LogP contribution >= 0.6 is 9.24 Å². The van der Waals surface area contributed by atoms with Crippen molar-refractivity contribution in [2.24, 2.45) is 0 Å². The van der Waals surface area contributed by atoms with E-state index in [1.165, 1.54) is 0 Å². The molecule has 0 fully saturated rings. The number of amides is 1. The SMILES string of the molecule is Cc1cc(P)c(-c2cnn(CCNC(=O)OC(C)(C)C)c2)cn1. The Morgan fingerprint density at radius 1 is 1.39 bits per heavy atom. The molecule has 23 heavy (non-hydrogen) atoms. The number of rotatable bonds is 4. The highest BCUT2D eigenvalue weighted by Crippen LogP contribution is 2.17. The van der Waals surface area contributed by atoms with Crippen LogP contribution in [-0.2, 0) is 11.3 Å². The predicted molar refractivity (Wildman–Crippen MR) is 93.8 cm³/mol. The fraction of sp³-hybridized carbons (Fsp3) is 0.438. The van der Waals surface area contributed by atoms with E-state index >= 15 is 0 Å². The molecule has 1 unspecified atom stereocenters. The fourth-order valence-electron chi connectivity index (χ4n) is 2.03. The second kappa shape index (κ2) is 7.09. The van der Waals surface area contributed by atoms with Crippen molar-refractivity contribution in [3.05, 3.63) is 30.4 Å². The van der Waals surface area contributed by atoms with Crippen molar-refractivity contribution in [1.82, 2.24) is 20.1 Å². The highest BCUT2D eigenvalue weighted by molar-refractivity contribution is 7.28. The number of aryl methyl sites for hydroxylation is 1. The van der Waals surface area contributed by atoms with Gasteiger partial charge in [-0.2, -0.15) is 5.10 Å². The van der Waals surface area contributed by atoms with Gasteiger partial charge in [-0.25, -0.2) is 4.79 Å². The minimum Gasteiger partial charge on any atom is -0.444 e. The normalized spacial score (nSPS) is 11.3. The van der Waals surface area contributed by atoms with Gasteiger partial charge in [-0.05, 0) is 39.1 Å². The van der Waals surface area contributed by atoms with Gasteiger partial charge in [0, 0.05) is 35.8 Å². The van der Waals surface area contributed by atoms with Crippen LogP contribution in [0.4, 0.5) is 4.79 Å². The largest absolute Gasteiger partial charge is 0.444 e. The van der Waals surface area contributed by atoms with Gasteiger partial charge in [0.1, 0.15) is 5.60 Å². The number of carbonyl (C=O) groups excluding carboxylic acids is 1. The molecule has 1 N–H and O–H groups in total. The molecule has 0 bridgehead atoms. The summed E-state index contributed by atoms with van der Waals surface area (Å²) in [6, 6.07) is 2.02. The van der Waals surface area contributed by atoms with Crippen molar-refractivity contribution in [1.29, 1.82) is 0 Å². The monoisotopic (exact) mass is 334 g/mol. The van der Waals surface area contributed by atoms with Crippen molar-refractivity contribution in [2.75, 3.05) is 6.54 Å². The number of ether oxygens (including phenoxy) is 1. The third-order valence-electron chi connectivity index (χ3n) is 3.03. The lowest BCUT2D eigenvalue weighted by atomic mass is 10.1. The number of aromatic nitrogens is 3. The molecule has 2 rings (SSSR count). The zero-order chi connectivity index (χ0) is 17.0. The van der Waals surface area contributed by atoms with Gasteiger partial charge < -0.3 is 10.1 Å². The Balaban J connectivity index is 1.91. The molecule has 2 heterocycles. The molecule has 124 valence electrons. The molecule has 7 heteroatoms. The van der Waals surface area contributed by atoms with Crippen molar-refractivity contribution < 1.29 is 9.53 Å². The van der Waals surface area contributed by atoms with Crippen LogP contribution in [0.1, 0.15) is 26.5 Å². The summed E-state index contributed by atoms with van der Waals surface area (Å²) in [5.74, 6) is 0. The summed E-state index contributed by atoms with van der Waals surface area (Å²) in [5.41, 5.74) is 2.52. The quantitative estimate of drug-likeness (QED) is 0.871. The molecular formula is C16H23N4O2P. The van der Waals surface area contributed by atoms with Gasteiger partial charge in [0.05, 0.1) is 12.7 Å². The standard InChI is InChI=1S/C16H23N4O2P/c1-11-7-14(23)13(9-18-11)12-8-19-20(10-12)6-5-17-15(21)22-16(2,3)4/h7-10H,5-6,23H2,1-4H3,(H,17,21). The Morgan fingerprint density at radius 2 is 2.13 bits per heavy atom. The Bertz CT molecular complexity index is 692. The maximum atomic E-state index is 11.6. The smallest absolute Gasteiger partial charge is 0.407 e. The van der Waals surface area contributed by atoms with Crippen molar-refractivity contribution in [3.8, 4) is 11.1 Å². The Hall–Kier alpha value is -1.94. The van der Waals surface area contributed by atoms with Crippen molar-refractivity contribution >= 4 is 20.6 Å². The number of nitrogens with one attached hydrogen (secondary N) is 1. The molecule has 0 radical (unpaired) electrons. The van der Waals surface area contributed by atoms with E-state index in [4.69, 9.17) is 4.74 Å². The average Bonchev–Trinajstić information content (AvgIpc) is 2.85. The third-order valence-corrected chi connectivity index (χ3v) is 3.50. The number of pyridine rings is 1. The molecule has 0 aromatic carbocycles. The van der Waals surface area contributed by atoms with Crippen molar-refractivity contribution in [3.63, 3.8) is 0 Å². The van der Waals surface area contributed by atoms with E-state index in [0.29, 0.717) is 13.1 Å². The van der Waals surface area contributed by atoms with Gasteiger partial charge in [0.25, 0.3) is 0 Å². The van der Waals surface area contributed by atoms with Crippen LogP contribution in [-0.4, -0.2) is 33.0 Å². The fourth-order valence-corrected chi connectivity index (χ4v) is 2.52. The van der Waals surface area contributed by atoms with E-state index in [1.54, 1.807) is 10.9 Å². The molecule has 2 aromatic heterocycles. The molecule has 0 saturated heterocycles. The first-order valence-corrected chi connectivity index (χ1v) is 8.04. The number of alkyl carbamates (subject to hydrolysis) is 1. The van der Waals surface area contributed by atoms with E-state index in [0.717, 1.165) is 22.1 Å². The number of hydrogen-bond donors (Lipinski definition) is 1. The van der Waals surface area contributed by atoms with Crippen LogP contribution < -0.4 is 10.6 Å². The number of carbonyl (C=O) groups is 1. The van der Waals surface area contributed by atoms with Crippen LogP contribution in [0, 0.1) is 6.92 Å². The maximum absolute atomic E-state index is 11.6. The molecule has 1 amide bonds. The topological polar surface area (TPSA) is 69.0 Å². The highest BCUT2D eigenvalue weighted by atomic mass is 31.0. The second-order valence-corrected chi connectivity index (χ2v) is 6.96. The summed E-state index contributed by atoms with van der Waals surface area (Å²) in [7, 11) is 2.72. The minimum atomic E-state index is -0.489. The molecule has 2 aromatic rings. The van der Waals surface area contributed by atoms with Gasteiger partial charge in [0.15, 0.2) is 0 Å². The number of nitrogens with zero attached hydrogens (tertiary/aromatic N) is 3. The molecule has 6 nitrogen and oxygen atoms in total. The molecule has 0 aliphatic carbocycles. The minimum absolute atomic E-state index is 0.417. The first-order valence-electron chi connectivity index (χ1n) is 7.46. The molecule has 0 aliphatic heterocycles. The average molecular weight is 334 g/mol. The molecule has 0 saturated carbocycles. The zero-order valence-electron chi connectivity index (χ0n) is 14.0. The highest BCUT2D eigenvalue weighted by Gasteiger charge is 2.15. The van der Waals surface area contributed by atoms with Crippen LogP contribution in [0.2, 0.25) is 0 Å². The Labute approximate surface area is 138 Å². The van der Waals surface area contributed by atoms with Crippen LogP contribution in [0.25, 0.3) is 11.1 Å². The lowest BCUT2D eigenvalue weighted by Crippen LogP contribution is -2.34. The second-order valence-electron chi connectivity index (χ2n) is 6.33. The summed E-state index contributed by atoms with van der Waals surface area (Å²) < 4.78 is 6.97. The predicted octanol–water partition coefficient (Wildman–Crippen LogP) is 2.28. The summed E-state index contributed by atoms with van der Waals surface area (Å²) >= 11 is 0. The van der Waals surface area contributed by atoms with Crippen LogP contribution in [0.5, 0.6) is 0 Å². The van der Waals surface area contributed by atoms with E-state index < -0.39 is 11.7 Å².